The summed E-state index contributed by atoms with van der Waals surface area (Å²) in [5.41, 5.74) is 0. The summed E-state index contributed by atoms with van der Waals surface area (Å²) >= 11 is 0. The Labute approximate surface area is 155 Å². The number of hydrogen-bond donors (Lipinski definition) is 2. The van der Waals surface area contributed by atoms with Crippen LogP contribution in [0.4, 0.5) is 0 Å². The molecule has 0 saturated heterocycles. The third-order valence-corrected chi connectivity index (χ3v) is 0.714. The van der Waals surface area contributed by atoms with Crippen LogP contribution in [0.1, 0.15) is 5.71 Å². The second kappa shape index (κ2) is 15.4. The zero-order valence-electron chi connectivity index (χ0n) is 11.0. The maximum absolute atomic E-state index is 9.58. The molecular formula is C2H9Na4O3P. The van der Waals surface area contributed by atoms with Gasteiger partial charge in [-0.1, -0.05) is 6.58 Å². The Hall–Kier alpha value is 3.89. The SMILES string of the molecule is C=CP(=O)(O)O.[H-].[H-].[H-].[H-].[Na+].[Na+].[Na+].[Na+]. The van der Waals surface area contributed by atoms with Gasteiger partial charge in [0.15, 0.2) is 0 Å². The molecule has 0 fully saturated rings. The molecule has 0 aromatic rings. The van der Waals surface area contributed by atoms with Crippen LogP contribution in [0.15, 0.2) is 12.4 Å². The minimum absolute atomic E-state index is 0. The first-order valence-corrected chi connectivity index (χ1v) is 2.93. The second-order valence-corrected chi connectivity index (χ2v) is 2.31. The van der Waals surface area contributed by atoms with Crippen LogP contribution in [0.25, 0.3) is 0 Å². The van der Waals surface area contributed by atoms with Gasteiger partial charge in [-0.2, -0.15) is 0 Å². The topological polar surface area (TPSA) is 57.5 Å². The fraction of sp³-hybridized carbons (Fsp3) is 0. The largest absolute Gasteiger partial charge is 1.00 e. The van der Waals surface area contributed by atoms with E-state index in [9.17, 15) is 4.57 Å². The Bertz CT molecular complexity index is 113. The standard InChI is InChI=1S/C2H5O3P.4Na.4H/c1-2-6(3,4)5;;;;;;;;/h2H,1H2,(H2,3,4,5);;;;;;;;/q;4*+1;4*-1. The van der Waals surface area contributed by atoms with Crippen molar-refractivity contribution in [2.75, 3.05) is 0 Å². The van der Waals surface area contributed by atoms with Crippen molar-refractivity contribution in [3.05, 3.63) is 12.4 Å². The van der Waals surface area contributed by atoms with Crippen molar-refractivity contribution in [2.24, 2.45) is 0 Å². The van der Waals surface area contributed by atoms with E-state index in [2.05, 4.69) is 6.58 Å². The first kappa shape index (κ1) is 29.2. The van der Waals surface area contributed by atoms with Crippen molar-refractivity contribution < 1.29 is 138 Å². The molecule has 0 aliphatic rings. The van der Waals surface area contributed by atoms with E-state index in [1.165, 1.54) is 0 Å². The maximum Gasteiger partial charge on any atom is 1.00 e. The Kier molecular flexibility index (Phi) is 44.9. The minimum atomic E-state index is -3.88. The predicted octanol–water partition coefficient (Wildman–Crippen LogP) is -11.2. The summed E-state index contributed by atoms with van der Waals surface area (Å²) in [5, 5.41) is 0. The molecule has 0 amide bonds. The summed E-state index contributed by atoms with van der Waals surface area (Å²) in [4.78, 5) is 15.6. The minimum Gasteiger partial charge on any atom is -1.00 e. The van der Waals surface area contributed by atoms with Gasteiger partial charge in [0.1, 0.15) is 0 Å². The number of rotatable bonds is 1. The average molecular weight is 204 g/mol. The summed E-state index contributed by atoms with van der Waals surface area (Å²) < 4.78 is 9.58. The Morgan fingerprint density at radius 2 is 1.30 bits per heavy atom. The van der Waals surface area contributed by atoms with Crippen LogP contribution in [0.3, 0.4) is 0 Å². The summed E-state index contributed by atoms with van der Waals surface area (Å²) in [6.07, 6.45) is 0. The monoisotopic (exact) mass is 204 g/mol. The predicted molar refractivity (Wildman–Crippen MR) is 26.7 cm³/mol. The van der Waals surface area contributed by atoms with Gasteiger partial charge in [-0.25, -0.2) is 0 Å². The van der Waals surface area contributed by atoms with Crippen LogP contribution in [-0.4, -0.2) is 9.79 Å². The van der Waals surface area contributed by atoms with Gasteiger partial charge in [0.25, 0.3) is 0 Å². The van der Waals surface area contributed by atoms with Gasteiger partial charge in [0.05, 0.1) is 0 Å². The molecule has 0 saturated carbocycles. The quantitative estimate of drug-likeness (QED) is 0.329. The van der Waals surface area contributed by atoms with Crippen molar-refractivity contribution in [1.82, 2.24) is 0 Å². The molecule has 0 aromatic heterocycles. The van der Waals surface area contributed by atoms with E-state index in [1.807, 2.05) is 0 Å². The van der Waals surface area contributed by atoms with E-state index in [0.29, 0.717) is 5.82 Å². The van der Waals surface area contributed by atoms with Gasteiger partial charge < -0.3 is 15.5 Å². The summed E-state index contributed by atoms with van der Waals surface area (Å²) in [7, 11) is -3.88. The number of hydrogen-bond acceptors (Lipinski definition) is 1. The maximum atomic E-state index is 9.58. The van der Waals surface area contributed by atoms with Crippen LogP contribution in [0, 0.1) is 0 Å². The molecule has 8 heteroatoms. The van der Waals surface area contributed by atoms with Gasteiger partial charge in [0.2, 0.25) is 0 Å². The molecule has 0 spiro atoms. The molecule has 0 bridgehead atoms. The third kappa shape index (κ3) is 29.7. The normalized spacial score (nSPS) is 6.60. The molecule has 0 aromatic carbocycles. The van der Waals surface area contributed by atoms with Crippen LogP contribution in [0.5, 0.6) is 0 Å². The van der Waals surface area contributed by atoms with Crippen molar-refractivity contribution in [3.63, 3.8) is 0 Å². The zero-order chi connectivity index (χ0) is 5.21. The van der Waals surface area contributed by atoms with Crippen LogP contribution < -0.4 is 118 Å². The van der Waals surface area contributed by atoms with E-state index in [1.54, 1.807) is 0 Å². The molecule has 10 heavy (non-hydrogen) atoms. The second-order valence-electron chi connectivity index (χ2n) is 0.772. The zero-order valence-corrected chi connectivity index (χ0v) is 15.9. The molecule has 0 rings (SSSR count). The molecule has 0 aliphatic heterocycles. The van der Waals surface area contributed by atoms with E-state index < -0.39 is 7.60 Å². The Balaban J connectivity index is -0.00000000446. The van der Waals surface area contributed by atoms with Crippen LogP contribution in [-0.2, 0) is 4.57 Å². The molecule has 0 radical (unpaired) electrons. The van der Waals surface area contributed by atoms with Crippen LogP contribution >= 0.6 is 7.60 Å². The van der Waals surface area contributed by atoms with Gasteiger partial charge in [0, 0.05) is 5.82 Å². The third-order valence-electron chi connectivity index (χ3n) is 0.238. The fourth-order valence-electron chi connectivity index (χ4n) is 0. The van der Waals surface area contributed by atoms with Gasteiger partial charge in [-0.05, 0) is 0 Å². The molecule has 3 nitrogen and oxygen atoms in total. The molecule has 0 aliphatic carbocycles. The van der Waals surface area contributed by atoms with Gasteiger partial charge in [-0.3, -0.25) is 4.57 Å². The fourth-order valence-corrected chi connectivity index (χ4v) is 0. The van der Waals surface area contributed by atoms with E-state index in [0.717, 1.165) is 0 Å². The smallest absolute Gasteiger partial charge is 1.00 e. The molecule has 2 N–H and O–H groups in total. The van der Waals surface area contributed by atoms with Crippen molar-refractivity contribution >= 4 is 7.60 Å². The molecule has 0 atom stereocenters. The van der Waals surface area contributed by atoms with Crippen molar-refractivity contribution in [3.8, 4) is 0 Å². The van der Waals surface area contributed by atoms with Crippen molar-refractivity contribution in [1.29, 1.82) is 0 Å². The summed E-state index contributed by atoms with van der Waals surface area (Å²) in [6, 6.07) is 0. The van der Waals surface area contributed by atoms with Crippen LogP contribution in [0.2, 0.25) is 0 Å². The van der Waals surface area contributed by atoms with Gasteiger partial charge >= 0.3 is 126 Å². The molecule has 0 unspecified atom stereocenters. The Morgan fingerprint density at radius 3 is 1.30 bits per heavy atom. The summed E-state index contributed by atoms with van der Waals surface area (Å²) in [5.74, 6) is 0.604. The van der Waals surface area contributed by atoms with E-state index in [4.69, 9.17) is 9.79 Å². The molecular weight excluding hydrogens is 195 g/mol. The first-order valence-electron chi connectivity index (χ1n) is 1.25. The molecule has 0 heterocycles. The van der Waals surface area contributed by atoms with Gasteiger partial charge in [-0.15, -0.1) is 0 Å². The molecule has 44 valence electrons. The van der Waals surface area contributed by atoms with Crippen molar-refractivity contribution in [2.45, 2.75) is 0 Å². The van der Waals surface area contributed by atoms with E-state index >= 15 is 0 Å². The Morgan fingerprint density at radius 1 is 1.20 bits per heavy atom. The first-order chi connectivity index (χ1) is 2.56. The average Bonchev–Trinajstić information content (AvgIpc) is 1.35. The van der Waals surface area contributed by atoms with E-state index in [-0.39, 0.29) is 124 Å². The summed E-state index contributed by atoms with van der Waals surface area (Å²) in [6.45, 7) is 2.87.